The Morgan fingerprint density at radius 1 is 1.60 bits per heavy atom. The van der Waals surface area contributed by atoms with Gasteiger partial charge >= 0.3 is 0 Å². The van der Waals surface area contributed by atoms with Crippen molar-refractivity contribution in [3.05, 3.63) is 0 Å². The summed E-state index contributed by atoms with van der Waals surface area (Å²) in [7, 11) is 0. The van der Waals surface area contributed by atoms with Crippen LogP contribution < -0.4 is 5.73 Å². The summed E-state index contributed by atoms with van der Waals surface area (Å²) >= 11 is 1.83. The van der Waals surface area contributed by atoms with Crippen LogP contribution in [0.3, 0.4) is 0 Å². The van der Waals surface area contributed by atoms with E-state index in [9.17, 15) is 0 Å². The van der Waals surface area contributed by atoms with Crippen LogP contribution >= 0.6 is 11.9 Å². The van der Waals surface area contributed by atoms with Crippen LogP contribution in [0.25, 0.3) is 0 Å². The van der Waals surface area contributed by atoms with Crippen LogP contribution in [0, 0.1) is 0 Å². The Kier molecular flexibility index (Phi) is 3.01. The maximum Gasteiger partial charge on any atom is 0.0188 e. The molecule has 1 saturated heterocycles. The lowest BCUT2D eigenvalue weighted by molar-refractivity contribution is 0.268. The van der Waals surface area contributed by atoms with Gasteiger partial charge in [0.05, 0.1) is 0 Å². The molecule has 2 N–H and O–H groups in total. The molecule has 10 heavy (non-hydrogen) atoms. The number of rotatable bonds is 1. The summed E-state index contributed by atoms with van der Waals surface area (Å²) in [6.45, 7) is 3.40. The molecule has 3 heteroatoms. The summed E-state index contributed by atoms with van der Waals surface area (Å²) < 4.78 is 2.41. The van der Waals surface area contributed by atoms with Crippen molar-refractivity contribution in [3.63, 3.8) is 0 Å². The molecule has 1 aliphatic heterocycles. The molecule has 1 aliphatic rings. The Balaban J connectivity index is 2.36. The molecule has 0 aromatic carbocycles. The van der Waals surface area contributed by atoms with Gasteiger partial charge in [-0.05, 0) is 26.0 Å². The minimum Gasteiger partial charge on any atom is -0.328 e. The summed E-state index contributed by atoms with van der Waals surface area (Å²) in [5.41, 5.74) is 5.81. The van der Waals surface area contributed by atoms with Crippen LogP contribution in [0.5, 0.6) is 0 Å². The van der Waals surface area contributed by atoms with E-state index in [1.807, 2.05) is 11.9 Å². The molecular weight excluding hydrogens is 144 g/mol. The van der Waals surface area contributed by atoms with Gasteiger partial charge in [0.1, 0.15) is 0 Å². The number of hydrogen-bond donors (Lipinski definition) is 1. The quantitative estimate of drug-likeness (QED) is 0.582. The molecule has 2 nitrogen and oxygen atoms in total. The third-order valence-corrected chi connectivity index (χ3v) is 3.10. The highest BCUT2D eigenvalue weighted by molar-refractivity contribution is 7.96. The maximum absolute atomic E-state index is 5.81. The Labute approximate surface area is 67.3 Å². The molecule has 1 heterocycles. The molecule has 0 unspecified atom stereocenters. The molecule has 0 aromatic heterocycles. The third kappa shape index (κ3) is 1.87. The van der Waals surface area contributed by atoms with Crippen molar-refractivity contribution in [2.75, 3.05) is 12.8 Å². The first-order valence-electron chi connectivity index (χ1n) is 3.80. The van der Waals surface area contributed by atoms with Gasteiger partial charge in [-0.25, -0.2) is 4.31 Å². The van der Waals surface area contributed by atoms with Crippen LogP contribution in [0.1, 0.15) is 19.8 Å². The third-order valence-electron chi connectivity index (χ3n) is 2.09. The van der Waals surface area contributed by atoms with Gasteiger partial charge in [-0.1, -0.05) is 11.9 Å². The Morgan fingerprint density at radius 2 is 2.30 bits per heavy atom. The topological polar surface area (TPSA) is 29.3 Å². The van der Waals surface area contributed by atoms with E-state index in [1.54, 1.807) is 0 Å². The van der Waals surface area contributed by atoms with Crippen molar-refractivity contribution in [2.24, 2.45) is 5.73 Å². The van der Waals surface area contributed by atoms with E-state index >= 15 is 0 Å². The van der Waals surface area contributed by atoms with Crippen molar-refractivity contribution in [2.45, 2.75) is 31.8 Å². The minimum absolute atomic E-state index is 0.443. The maximum atomic E-state index is 5.81. The normalized spacial score (nSPS) is 36.3. The van der Waals surface area contributed by atoms with E-state index < -0.39 is 0 Å². The summed E-state index contributed by atoms with van der Waals surface area (Å²) in [4.78, 5) is 0. The summed E-state index contributed by atoms with van der Waals surface area (Å²) in [6.07, 6.45) is 4.44. The fourth-order valence-corrected chi connectivity index (χ4v) is 2.19. The second-order valence-corrected chi connectivity index (χ2v) is 3.79. The molecule has 0 radical (unpaired) electrons. The van der Waals surface area contributed by atoms with Crippen LogP contribution in [0.4, 0.5) is 0 Å². The fourth-order valence-electron chi connectivity index (χ4n) is 1.46. The molecular formula is C7H16N2S. The molecule has 60 valence electrons. The molecule has 0 aromatic rings. The highest BCUT2D eigenvalue weighted by atomic mass is 32.2. The molecule has 0 bridgehead atoms. The predicted molar refractivity (Wildman–Crippen MR) is 46.9 cm³/mol. The van der Waals surface area contributed by atoms with Gasteiger partial charge in [-0.3, -0.25) is 0 Å². The van der Waals surface area contributed by atoms with E-state index in [2.05, 4.69) is 17.5 Å². The van der Waals surface area contributed by atoms with E-state index in [0.717, 1.165) is 19.4 Å². The van der Waals surface area contributed by atoms with E-state index in [4.69, 9.17) is 5.73 Å². The summed E-state index contributed by atoms with van der Waals surface area (Å²) in [5, 5.41) is 0. The van der Waals surface area contributed by atoms with Crippen molar-refractivity contribution in [3.8, 4) is 0 Å². The SMILES string of the molecule is CSN1CC[C@H](N)C[C@H]1C. The lowest BCUT2D eigenvalue weighted by Crippen LogP contribution is -2.41. The Hall–Kier alpha value is 0.270. The molecule has 2 atom stereocenters. The second kappa shape index (κ2) is 3.60. The van der Waals surface area contributed by atoms with Crippen LogP contribution in [0.2, 0.25) is 0 Å². The minimum atomic E-state index is 0.443. The first kappa shape index (κ1) is 8.37. The number of nitrogens with two attached hydrogens (primary N) is 1. The van der Waals surface area contributed by atoms with E-state index in [-0.39, 0.29) is 0 Å². The van der Waals surface area contributed by atoms with Crippen molar-refractivity contribution >= 4 is 11.9 Å². The second-order valence-electron chi connectivity index (χ2n) is 2.96. The summed E-state index contributed by atoms with van der Waals surface area (Å²) in [5.74, 6) is 0. The monoisotopic (exact) mass is 160 g/mol. The molecule has 1 rings (SSSR count). The lowest BCUT2D eigenvalue weighted by Gasteiger charge is -2.34. The predicted octanol–water partition coefficient (Wildman–Crippen LogP) is 1.08. The van der Waals surface area contributed by atoms with Gasteiger partial charge in [0, 0.05) is 18.6 Å². The zero-order chi connectivity index (χ0) is 7.56. The van der Waals surface area contributed by atoms with Crippen molar-refractivity contribution < 1.29 is 0 Å². The highest BCUT2D eigenvalue weighted by Gasteiger charge is 2.21. The van der Waals surface area contributed by atoms with Gasteiger partial charge in [-0.15, -0.1) is 0 Å². The molecule has 1 fully saturated rings. The number of hydrogen-bond acceptors (Lipinski definition) is 3. The number of piperidine rings is 1. The zero-order valence-electron chi connectivity index (χ0n) is 6.71. The van der Waals surface area contributed by atoms with Gasteiger partial charge in [-0.2, -0.15) is 0 Å². The Bertz CT molecular complexity index is 108. The molecule has 0 spiro atoms. The van der Waals surface area contributed by atoms with Gasteiger partial charge in [0.15, 0.2) is 0 Å². The average Bonchev–Trinajstić information content (AvgIpc) is 1.88. The Morgan fingerprint density at radius 3 is 2.80 bits per heavy atom. The van der Waals surface area contributed by atoms with Crippen LogP contribution in [0.15, 0.2) is 0 Å². The fraction of sp³-hybridized carbons (Fsp3) is 1.00. The van der Waals surface area contributed by atoms with Crippen LogP contribution in [-0.2, 0) is 0 Å². The zero-order valence-corrected chi connectivity index (χ0v) is 7.53. The molecule has 0 saturated carbocycles. The summed E-state index contributed by atoms with van der Waals surface area (Å²) in [6, 6.07) is 1.11. The first-order chi connectivity index (χ1) is 4.74. The van der Waals surface area contributed by atoms with E-state index in [0.29, 0.717) is 12.1 Å². The largest absolute Gasteiger partial charge is 0.328 e. The molecule has 0 amide bonds. The van der Waals surface area contributed by atoms with Crippen molar-refractivity contribution in [1.82, 2.24) is 4.31 Å². The smallest absolute Gasteiger partial charge is 0.0188 e. The van der Waals surface area contributed by atoms with E-state index in [1.165, 1.54) is 0 Å². The van der Waals surface area contributed by atoms with Gasteiger partial charge in [0.25, 0.3) is 0 Å². The standard InChI is InChI=1S/C7H16N2S/c1-6-5-7(8)3-4-9(6)10-2/h6-7H,3-5,8H2,1-2H3/t6-,7+/m1/s1. The van der Waals surface area contributed by atoms with Gasteiger partial charge in [0.2, 0.25) is 0 Å². The number of nitrogens with zero attached hydrogens (tertiary/aromatic N) is 1. The average molecular weight is 160 g/mol. The lowest BCUT2D eigenvalue weighted by atomic mass is 10.0. The first-order valence-corrected chi connectivity index (χ1v) is 4.98. The van der Waals surface area contributed by atoms with Gasteiger partial charge < -0.3 is 5.73 Å². The highest BCUT2D eigenvalue weighted by Crippen LogP contribution is 2.21. The molecule has 0 aliphatic carbocycles. The van der Waals surface area contributed by atoms with Crippen LogP contribution in [-0.4, -0.2) is 29.2 Å². The van der Waals surface area contributed by atoms with Crippen molar-refractivity contribution in [1.29, 1.82) is 0 Å².